The molecule has 4 rings (SSSR count). The molecule has 0 N–H and O–H groups in total. The molecular weight excluding hydrogens is 300 g/mol. The molecule has 0 spiro atoms. The van der Waals surface area contributed by atoms with Gasteiger partial charge in [0.05, 0.1) is 7.11 Å². The van der Waals surface area contributed by atoms with Crippen LogP contribution in [0, 0.1) is 0 Å². The number of hydrogen-bond acceptors (Lipinski definition) is 4. The van der Waals surface area contributed by atoms with Gasteiger partial charge in [-0.2, -0.15) is 0 Å². The number of ether oxygens (including phenoxy) is 1. The fraction of sp³-hybridized carbons (Fsp3) is 0.474. The minimum atomic E-state index is 0.763. The highest BCUT2D eigenvalue weighted by molar-refractivity contribution is 5.76. The lowest BCUT2D eigenvalue weighted by Gasteiger charge is -2.36. The molecule has 5 nitrogen and oxygen atoms in total. The number of aromatic nitrogens is 3. The Morgan fingerprint density at radius 2 is 2.21 bits per heavy atom. The summed E-state index contributed by atoms with van der Waals surface area (Å²) in [5.41, 5.74) is 2.87. The lowest BCUT2D eigenvalue weighted by atomic mass is 9.91. The highest BCUT2D eigenvalue weighted by atomic mass is 16.5. The molecule has 1 fully saturated rings. The Balaban J connectivity index is 1.64. The van der Waals surface area contributed by atoms with Gasteiger partial charge in [-0.05, 0) is 25.0 Å². The number of imidazole rings is 1. The van der Waals surface area contributed by atoms with Crippen molar-refractivity contribution >= 4 is 16.9 Å². The van der Waals surface area contributed by atoms with Crippen molar-refractivity contribution in [1.82, 2.24) is 19.4 Å². The molecule has 0 bridgehead atoms. The molecule has 0 unspecified atom stereocenters. The molecule has 2 aliphatic rings. The van der Waals surface area contributed by atoms with E-state index in [0.717, 1.165) is 60.4 Å². The summed E-state index contributed by atoms with van der Waals surface area (Å²) in [6, 6.07) is 2.86. The number of allylic oxidation sites excluding steroid dienone is 2. The van der Waals surface area contributed by atoms with E-state index in [-0.39, 0.29) is 0 Å². The van der Waals surface area contributed by atoms with Crippen LogP contribution in [0.1, 0.15) is 30.7 Å². The SMILES string of the molecule is C=C/C=C(\OC)c1cnc2c(c1)nc1n2CCN(C2CCC2)CC1. The third-order valence-corrected chi connectivity index (χ3v) is 5.26. The van der Waals surface area contributed by atoms with Crippen LogP contribution in [-0.2, 0) is 17.7 Å². The van der Waals surface area contributed by atoms with Gasteiger partial charge in [-0.15, -0.1) is 0 Å². The summed E-state index contributed by atoms with van der Waals surface area (Å²) in [5.74, 6) is 1.92. The van der Waals surface area contributed by atoms with E-state index in [0.29, 0.717) is 0 Å². The van der Waals surface area contributed by atoms with Gasteiger partial charge < -0.3 is 9.30 Å². The Kier molecular flexibility index (Phi) is 4.10. The van der Waals surface area contributed by atoms with E-state index in [1.54, 1.807) is 13.2 Å². The van der Waals surface area contributed by atoms with Crippen molar-refractivity contribution in [3.63, 3.8) is 0 Å². The van der Waals surface area contributed by atoms with Crippen LogP contribution in [-0.4, -0.2) is 45.7 Å². The predicted octanol–water partition coefficient (Wildman–Crippen LogP) is 3.02. The van der Waals surface area contributed by atoms with Crippen LogP contribution in [0.4, 0.5) is 0 Å². The molecule has 1 aliphatic heterocycles. The van der Waals surface area contributed by atoms with Crippen molar-refractivity contribution in [1.29, 1.82) is 0 Å². The van der Waals surface area contributed by atoms with Crippen LogP contribution in [0.3, 0.4) is 0 Å². The molecule has 0 radical (unpaired) electrons. The number of rotatable bonds is 4. The fourth-order valence-electron chi connectivity index (χ4n) is 3.71. The maximum absolute atomic E-state index is 5.42. The Morgan fingerprint density at radius 1 is 1.33 bits per heavy atom. The molecule has 0 amide bonds. The third kappa shape index (κ3) is 2.63. The van der Waals surface area contributed by atoms with E-state index in [4.69, 9.17) is 9.72 Å². The van der Waals surface area contributed by atoms with Gasteiger partial charge in [0.2, 0.25) is 0 Å². The number of pyridine rings is 1. The van der Waals surface area contributed by atoms with Crippen molar-refractivity contribution in [2.24, 2.45) is 0 Å². The van der Waals surface area contributed by atoms with Crippen molar-refractivity contribution in [3.8, 4) is 0 Å². The molecule has 1 saturated carbocycles. The predicted molar refractivity (Wildman–Crippen MR) is 95.6 cm³/mol. The zero-order chi connectivity index (χ0) is 16.5. The van der Waals surface area contributed by atoms with Crippen molar-refractivity contribution < 1.29 is 4.74 Å². The maximum atomic E-state index is 5.42. The normalized spacial score (nSPS) is 19.6. The van der Waals surface area contributed by atoms with Gasteiger partial charge in [0.1, 0.15) is 17.1 Å². The van der Waals surface area contributed by atoms with E-state index >= 15 is 0 Å². The van der Waals surface area contributed by atoms with Gasteiger partial charge in [0.15, 0.2) is 5.65 Å². The molecule has 2 aromatic rings. The summed E-state index contributed by atoms with van der Waals surface area (Å²) < 4.78 is 7.71. The van der Waals surface area contributed by atoms with Crippen LogP contribution in [0.25, 0.3) is 16.9 Å². The van der Waals surface area contributed by atoms with Gasteiger partial charge in [-0.1, -0.05) is 19.1 Å². The Labute approximate surface area is 142 Å². The highest BCUT2D eigenvalue weighted by Gasteiger charge is 2.27. The first kappa shape index (κ1) is 15.4. The van der Waals surface area contributed by atoms with Crippen LogP contribution < -0.4 is 0 Å². The fourth-order valence-corrected chi connectivity index (χ4v) is 3.71. The van der Waals surface area contributed by atoms with Crippen molar-refractivity contribution in [2.45, 2.75) is 38.3 Å². The first-order chi connectivity index (χ1) is 11.8. The van der Waals surface area contributed by atoms with Crippen LogP contribution in [0.2, 0.25) is 0 Å². The van der Waals surface area contributed by atoms with E-state index in [9.17, 15) is 0 Å². The highest BCUT2D eigenvalue weighted by Crippen LogP contribution is 2.27. The molecule has 126 valence electrons. The minimum Gasteiger partial charge on any atom is -0.496 e. The number of methoxy groups -OCH3 is 1. The largest absolute Gasteiger partial charge is 0.496 e. The van der Waals surface area contributed by atoms with Gasteiger partial charge in [0.25, 0.3) is 0 Å². The smallest absolute Gasteiger partial charge is 0.160 e. The van der Waals surface area contributed by atoms with Crippen molar-refractivity contribution in [3.05, 3.63) is 42.4 Å². The molecule has 5 heteroatoms. The Bertz CT molecular complexity index is 788. The third-order valence-electron chi connectivity index (χ3n) is 5.26. The van der Waals surface area contributed by atoms with Crippen molar-refractivity contribution in [2.75, 3.05) is 20.2 Å². The molecule has 1 aliphatic carbocycles. The molecule has 0 atom stereocenters. The minimum absolute atomic E-state index is 0.763. The molecule has 2 aromatic heterocycles. The second kappa shape index (κ2) is 6.40. The number of nitrogens with zero attached hydrogens (tertiary/aromatic N) is 4. The summed E-state index contributed by atoms with van der Waals surface area (Å²) in [6.45, 7) is 6.93. The molecule has 3 heterocycles. The first-order valence-electron chi connectivity index (χ1n) is 8.76. The Morgan fingerprint density at radius 3 is 2.92 bits per heavy atom. The van der Waals surface area contributed by atoms with Crippen LogP contribution in [0.15, 0.2) is 31.0 Å². The summed E-state index contributed by atoms with van der Waals surface area (Å²) >= 11 is 0. The lowest BCUT2D eigenvalue weighted by molar-refractivity contribution is 0.130. The second-order valence-electron chi connectivity index (χ2n) is 6.59. The topological polar surface area (TPSA) is 43.2 Å². The van der Waals surface area contributed by atoms with Gasteiger partial charge >= 0.3 is 0 Å². The summed E-state index contributed by atoms with van der Waals surface area (Å²) in [4.78, 5) is 12.2. The standard InChI is InChI=1S/C19H24N4O/c1-3-5-17(24-2)14-12-16-19(20-13-14)23-11-10-22(15-6-4-7-15)9-8-18(23)21-16/h3,5,12-13,15H,1,4,6-11H2,2H3/b17-5-. The number of fused-ring (bicyclic) bond motifs is 3. The van der Waals surface area contributed by atoms with E-state index in [2.05, 4.69) is 27.1 Å². The van der Waals surface area contributed by atoms with Gasteiger partial charge in [-0.3, -0.25) is 4.90 Å². The second-order valence-corrected chi connectivity index (χ2v) is 6.59. The zero-order valence-corrected chi connectivity index (χ0v) is 14.2. The van der Waals surface area contributed by atoms with Gasteiger partial charge in [-0.25, -0.2) is 9.97 Å². The molecule has 0 aromatic carbocycles. The lowest BCUT2D eigenvalue weighted by Crippen LogP contribution is -2.41. The summed E-state index contributed by atoms with van der Waals surface area (Å²) in [7, 11) is 1.66. The zero-order valence-electron chi connectivity index (χ0n) is 14.2. The molecule has 24 heavy (non-hydrogen) atoms. The van der Waals surface area contributed by atoms with E-state index < -0.39 is 0 Å². The summed E-state index contributed by atoms with van der Waals surface area (Å²) in [6.07, 6.45) is 10.5. The van der Waals surface area contributed by atoms with Crippen LogP contribution in [0.5, 0.6) is 0 Å². The number of hydrogen-bond donors (Lipinski definition) is 0. The van der Waals surface area contributed by atoms with E-state index in [1.165, 1.54) is 19.3 Å². The monoisotopic (exact) mass is 324 g/mol. The molecule has 0 saturated heterocycles. The first-order valence-corrected chi connectivity index (χ1v) is 8.76. The Hall–Kier alpha value is -2.14. The quantitative estimate of drug-likeness (QED) is 0.640. The average Bonchev–Trinajstić information content (AvgIpc) is 2.77. The summed E-state index contributed by atoms with van der Waals surface area (Å²) in [5, 5.41) is 0. The van der Waals surface area contributed by atoms with Crippen LogP contribution >= 0.6 is 0 Å². The van der Waals surface area contributed by atoms with Gasteiger partial charge in [0, 0.05) is 43.9 Å². The molecular formula is C19H24N4O. The maximum Gasteiger partial charge on any atom is 0.160 e. The average molecular weight is 324 g/mol. The van der Waals surface area contributed by atoms with E-state index in [1.807, 2.05) is 12.3 Å².